The molecule has 1 aromatic carbocycles. The number of nitrogens with one attached hydrogen (secondary N) is 1. The van der Waals surface area contributed by atoms with Gasteiger partial charge in [0.1, 0.15) is 17.6 Å². The lowest BCUT2D eigenvalue weighted by Crippen LogP contribution is -2.46. The van der Waals surface area contributed by atoms with Gasteiger partial charge in [-0.2, -0.15) is 0 Å². The number of fused-ring (bicyclic) bond motifs is 14. The van der Waals surface area contributed by atoms with Gasteiger partial charge in [0.25, 0.3) is 11.7 Å². The summed E-state index contributed by atoms with van der Waals surface area (Å²) in [5, 5.41) is 45.9. The van der Waals surface area contributed by atoms with Crippen LogP contribution in [0.15, 0.2) is 47.9 Å². The van der Waals surface area contributed by atoms with Crippen molar-refractivity contribution in [2.75, 3.05) is 13.7 Å². The standard InChI is InChI=1S/C37H45NO13/c1-16-10-9-11-22(15-39)36(47)38-23-14-24(41)26-27(32(23)45)31(44)20(5)34-28(26)35(46)37(7,51-34)49-13-12-25(48-8)17(2)33(50-21(6)40)19(4)30(43)18(3)29(16)42/h9-14,16-19,25,29-30,33,39,42-44H,15H2,1-8H3,(H,38,47)/b10-9-,13-12-,22-11-/t16-,17+,18+,19+,25-,29-,30+,33+,37-/m0/s1. The number of aliphatic hydroxyl groups excluding tert-OH is 3. The lowest BCUT2D eigenvalue weighted by molar-refractivity contribution is -0.160. The normalized spacial score (nSPS) is 34.0. The van der Waals surface area contributed by atoms with Crippen molar-refractivity contribution >= 4 is 29.2 Å². The highest BCUT2D eigenvalue weighted by Crippen LogP contribution is 2.47. The van der Waals surface area contributed by atoms with Crippen LogP contribution >= 0.6 is 0 Å². The Hall–Kier alpha value is -4.63. The first-order valence-electron chi connectivity index (χ1n) is 16.5. The van der Waals surface area contributed by atoms with Gasteiger partial charge in [0.15, 0.2) is 5.78 Å². The summed E-state index contributed by atoms with van der Waals surface area (Å²) < 4.78 is 23.0. The van der Waals surface area contributed by atoms with Gasteiger partial charge in [-0.3, -0.25) is 24.0 Å². The first-order valence-corrected chi connectivity index (χ1v) is 16.5. The molecule has 4 aliphatic rings. The van der Waals surface area contributed by atoms with Crippen molar-refractivity contribution in [3.05, 3.63) is 70.2 Å². The van der Waals surface area contributed by atoms with E-state index in [0.717, 1.165) is 12.3 Å². The molecule has 14 nitrogen and oxygen atoms in total. The molecule has 0 spiro atoms. The number of phenolic OH excluding ortho intramolecular Hbond substituents is 1. The predicted octanol–water partition coefficient (Wildman–Crippen LogP) is 2.60. The number of ketones is 3. The Morgan fingerprint density at radius 3 is 2.25 bits per heavy atom. The van der Waals surface area contributed by atoms with Crippen LogP contribution in [-0.4, -0.2) is 93.6 Å². The summed E-state index contributed by atoms with van der Waals surface area (Å²) in [6.07, 6.45) is 3.65. The number of hydrogen-bond acceptors (Lipinski definition) is 13. The van der Waals surface area contributed by atoms with E-state index in [9.17, 15) is 44.4 Å². The molecular formula is C37H45NO13. The summed E-state index contributed by atoms with van der Waals surface area (Å²) in [5.41, 5.74) is -1.94. The highest BCUT2D eigenvalue weighted by atomic mass is 16.7. The van der Waals surface area contributed by atoms with Crippen molar-refractivity contribution in [1.82, 2.24) is 5.32 Å². The molecule has 1 amide bonds. The van der Waals surface area contributed by atoms with E-state index in [0.29, 0.717) is 0 Å². The number of phenols is 1. The van der Waals surface area contributed by atoms with Gasteiger partial charge < -0.3 is 44.7 Å². The molecule has 1 aliphatic carbocycles. The maximum Gasteiger partial charge on any atom is 0.312 e. The number of methoxy groups -OCH3 is 1. The van der Waals surface area contributed by atoms with Gasteiger partial charge in [0.2, 0.25) is 5.78 Å². The van der Waals surface area contributed by atoms with E-state index < -0.39 is 112 Å². The number of Topliss-reactive ketones (excluding diaryl/α,β-unsaturated/α-hetero) is 2. The number of carbonyl (C=O) groups is 5. The summed E-state index contributed by atoms with van der Waals surface area (Å²) in [6, 6.07) is 0. The third-order valence-corrected chi connectivity index (χ3v) is 9.86. The number of ether oxygens (including phenoxy) is 4. The number of carbonyl (C=O) groups excluding carboxylic acids is 5. The molecule has 0 fully saturated rings. The lowest BCUT2D eigenvalue weighted by atomic mass is 9.78. The zero-order valence-corrected chi connectivity index (χ0v) is 29.8. The number of amides is 1. The molecule has 14 heteroatoms. The molecule has 9 atom stereocenters. The molecule has 0 aromatic heterocycles. The fourth-order valence-corrected chi connectivity index (χ4v) is 6.70. The number of rotatable bonds is 3. The number of hydrogen-bond donors (Lipinski definition) is 5. The van der Waals surface area contributed by atoms with Crippen LogP contribution in [0.3, 0.4) is 0 Å². The molecule has 0 saturated carbocycles. The maximum atomic E-state index is 13.9. The second-order valence-electron chi connectivity index (χ2n) is 13.4. The van der Waals surface area contributed by atoms with Crippen molar-refractivity contribution < 1.29 is 63.3 Å². The molecule has 5 bridgehead atoms. The van der Waals surface area contributed by atoms with E-state index in [-0.39, 0.29) is 22.4 Å². The Balaban J connectivity index is 1.85. The molecule has 51 heavy (non-hydrogen) atoms. The lowest BCUT2D eigenvalue weighted by Gasteiger charge is -2.38. The fraction of sp³-hybridized carbons (Fsp3) is 0.486. The van der Waals surface area contributed by atoms with Crippen molar-refractivity contribution in [2.45, 2.75) is 78.7 Å². The van der Waals surface area contributed by atoms with E-state index in [2.05, 4.69) is 5.32 Å². The van der Waals surface area contributed by atoms with Gasteiger partial charge in [-0.15, -0.1) is 0 Å². The summed E-state index contributed by atoms with van der Waals surface area (Å²) in [7, 11) is 1.41. The van der Waals surface area contributed by atoms with E-state index in [4.69, 9.17) is 18.9 Å². The minimum atomic E-state index is -2.06. The Labute approximate surface area is 295 Å². The molecular weight excluding hydrogens is 666 g/mol. The van der Waals surface area contributed by atoms with Gasteiger partial charge in [0.05, 0.1) is 53.6 Å². The highest BCUT2D eigenvalue weighted by molar-refractivity contribution is 6.30. The van der Waals surface area contributed by atoms with Gasteiger partial charge in [-0.25, -0.2) is 0 Å². The summed E-state index contributed by atoms with van der Waals surface area (Å²) in [5.74, 6) is -9.68. The number of aliphatic hydroxyl groups is 3. The number of allylic oxidation sites excluding steroid dienone is 4. The second-order valence-corrected chi connectivity index (χ2v) is 13.4. The van der Waals surface area contributed by atoms with Crippen LogP contribution in [0.4, 0.5) is 0 Å². The molecule has 1 aromatic rings. The maximum absolute atomic E-state index is 13.9. The zero-order valence-electron chi connectivity index (χ0n) is 29.8. The van der Waals surface area contributed by atoms with Gasteiger partial charge >= 0.3 is 11.8 Å². The van der Waals surface area contributed by atoms with E-state index >= 15 is 0 Å². The summed E-state index contributed by atoms with van der Waals surface area (Å²) >= 11 is 0. The molecule has 0 saturated heterocycles. The van der Waals surface area contributed by atoms with Gasteiger partial charge in [0, 0.05) is 61.8 Å². The van der Waals surface area contributed by atoms with Crippen LogP contribution in [-0.2, 0) is 23.8 Å². The minimum absolute atomic E-state index is 0.0283. The smallest absolute Gasteiger partial charge is 0.312 e. The molecule has 5 rings (SSSR count). The predicted molar refractivity (Wildman–Crippen MR) is 181 cm³/mol. The largest absolute Gasteiger partial charge is 0.507 e. The highest BCUT2D eigenvalue weighted by Gasteiger charge is 2.51. The van der Waals surface area contributed by atoms with Crippen LogP contribution in [0, 0.1) is 30.6 Å². The van der Waals surface area contributed by atoms with Gasteiger partial charge in [-0.1, -0.05) is 45.9 Å². The molecule has 0 unspecified atom stereocenters. The Morgan fingerprint density at radius 2 is 1.65 bits per heavy atom. The van der Waals surface area contributed by atoms with Crippen LogP contribution in [0.2, 0.25) is 0 Å². The van der Waals surface area contributed by atoms with Crippen LogP contribution < -0.4 is 10.1 Å². The second kappa shape index (κ2) is 15.3. The fourth-order valence-electron chi connectivity index (χ4n) is 6.70. The Bertz CT molecular complexity index is 1740. The first kappa shape index (κ1) is 39.2. The van der Waals surface area contributed by atoms with Crippen molar-refractivity contribution in [2.24, 2.45) is 23.7 Å². The topological polar surface area (TPSA) is 215 Å². The first-order chi connectivity index (χ1) is 23.9. The van der Waals surface area contributed by atoms with E-state index in [1.807, 2.05) is 0 Å². The average Bonchev–Trinajstić information content (AvgIpc) is 3.35. The quantitative estimate of drug-likeness (QED) is 0.286. The average molecular weight is 712 g/mol. The minimum Gasteiger partial charge on any atom is -0.507 e. The molecule has 0 radical (unpaired) electrons. The van der Waals surface area contributed by atoms with Gasteiger partial charge in [-0.05, 0) is 13.0 Å². The number of aromatic hydroxyl groups is 1. The van der Waals surface area contributed by atoms with Crippen molar-refractivity contribution in [3.63, 3.8) is 0 Å². The zero-order chi connectivity index (χ0) is 38.1. The number of esters is 1. The van der Waals surface area contributed by atoms with Crippen LogP contribution in [0.1, 0.15) is 78.2 Å². The monoisotopic (exact) mass is 711 g/mol. The molecule has 3 heterocycles. The van der Waals surface area contributed by atoms with Crippen molar-refractivity contribution in [1.29, 1.82) is 0 Å². The third kappa shape index (κ3) is 7.40. The summed E-state index contributed by atoms with van der Waals surface area (Å²) in [6.45, 7) is 9.87. The Kier molecular flexibility index (Phi) is 11.8. The third-order valence-electron chi connectivity index (χ3n) is 9.86. The van der Waals surface area contributed by atoms with Crippen molar-refractivity contribution in [3.8, 4) is 11.5 Å². The SMILES string of the molecule is CO[C@H]1/C=C\O[C@@]2(C)Oc3c(C)c(O)c4c(c3C2=O)C(=O)C=C(NC(=O)/C(CO)=C\C=C/[C@H](C)[C@H](O)[C@@H](C)[C@@H](O)[C@@H](C)[C@H](OC(C)=O)[C@@H]1C)C4=O. The summed E-state index contributed by atoms with van der Waals surface area (Å²) in [4.78, 5) is 66.3. The number of benzene rings is 1. The molecule has 276 valence electrons. The Morgan fingerprint density at radius 1 is 0.980 bits per heavy atom. The van der Waals surface area contributed by atoms with Crippen LogP contribution in [0.25, 0.3) is 0 Å². The molecule has 3 aliphatic heterocycles. The van der Waals surface area contributed by atoms with E-state index in [1.54, 1.807) is 33.8 Å². The van der Waals surface area contributed by atoms with Crippen LogP contribution in [0.5, 0.6) is 11.5 Å². The molecule has 5 N–H and O–H groups in total. The van der Waals surface area contributed by atoms with E-state index in [1.165, 1.54) is 46.1 Å².